The maximum atomic E-state index is 13.6. The van der Waals surface area contributed by atoms with Gasteiger partial charge in [0.25, 0.3) is 11.5 Å². The fraction of sp³-hybridized carbons (Fsp3) is 0.344. The van der Waals surface area contributed by atoms with Gasteiger partial charge in [-0.25, -0.2) is 13.4 Å². The van der Waals surface area contributed by atoms with Gasteiger partial charge in [0.1, 0.15) is 9.97 Å². The van der Waals surface area contributed by atoms with Gasteiger partial charge < -0.3 is 10.0 Å². The molecule has 2 aromatic rings. The van der Waals surface area contributed by atoms with Crippen LogP contribution in [0.15, 0.2) is 93.4 Å². The number of anilines is 1. The van der Waals surface area contributed by atoms with Crippen molar-refractivity contribution in [2.45, 2.75) is 60.9 Å². The first-order valence-corrected chi connectivity index (χ1v) is 16.7. The van der Waals surface area contributed by atoms with E-state index >= 15 is 0 Å². The average Bonchev–Trinajstić information content (AvgIpc) is 3.60. The van der Waals surface area contributed by atoms with Crippen LogP contribution in [0, 0.1) is 10.1 Å². The number of Topliss-reactive ketones (excluding diaryl/α,β-unsaturated/α-hetero) is 1. The van der Waals surface area contributed by atoms with E-state index in [-0.39, 0.29) is 38.2 Å². The molecule has 1 amide bonds. The molecular formula is C32H34N4O7S2. The van der Waals surface area contributed by atoms with Crippen molar-refractivity contribution in [3.8, 4) is 0 Å². The van der Waals surface area contributed by atoms with Gasteiger partial charge in [0.15, 0.2) is 15.0 Å². The lowest BCUT2D eigenvalue weighted by Crippen LogP contribution is -2.29. The summed E-state index contributed by atoms with van der Waals surface area (Å²) >= 11 is 0.734. The molecule has 0 bridgehead atoms. The molecule has 1 fully saturated rings. The second-order valence-electron chi connectivity index (χ2n) is 12.3. The Balaban J connectivity index is 1.58. The molecule has 2 heterocycles. The Bertz CT molecular complexity index is 1840. The first-order valence-electron chi connectivity index (χ1n) is 14.3. The van der Waals surface area contributed by atoms with Crippen molar-refractivity contribution in [2.75, 3.05) is 19.0 Å². The SMILES string of the molecule is CN(C)C1=CC=C(C(O)=C2C(=O)C(=O)N(c3ncc(S(=O)(=O)C4C=CC([N+](=O)[O-])=CC4)s3)C2c2ccc(C(C)(C)C)cc2)CC1. The Hall–Kier alpha value is -4.36. The van der Waals surface area contributed by atoms with Gasteiger partial charge in [-0.3, -0.25) is 24.6 Å². The standard InChI is InChI=1S/C32H34N4O7S2/c1-32(2,3)21-10-6-19(7-11-21)27-26(28(37)20-8-12-22(13-9-20)34(4)5)29(38)30(39)35(27)31-33-18-25(44-31)45(42,43)24-16-14-23(15-17-24)36(40)41/h6-8,10-12,14-16,18,24,27,37H,9,13,17H2,1-5H3. The van der Waals surface area contributed by atoms with Gasteiger partial charge in [-0.05, 0) is 53.5 Å². The number of aliphatic hydroxyl groups excluding tert-OH is 1. The van der Waals surface area contributed by atoms with Gasteiger partial charge in [0.2, 0.25) is 0 Å². The molecule has 2 aliphatic carbocycles. The third-order valence-corrected chi connectivity index (χ3v) is 11.7. The zero-order chi connectivity index (χ0) is 32.8. The van der Waals surface area contributed by atoms with Crippen molar-refractivity contribution in [3.05, 3.63) is 110 Å². The number of ketones is 1. The summed E-state index contributed by atoms with van der Waals surface area (Å²) in [4.78, 5) is 45.1. The molecule has 11 nitrogen and oxygen atoms in total. The number of hydrogen-bond acceptors (Lipinski definition) is 10. The number of nitro groups is 1. The smallest absolute Gasteiger partial charge is 0.301 e. The van der Waals surface area contributed by atoms with Crippen molar-refractivity contribution in [1.82, 2.24) is 9.88 Å². The number of aromatic nitrogens is 1. The van der Waals surface area contributed by atoms with Gasteiger partial charge in [-0.2, -0.15) is 0 Å². The van der Waals surface area contributed by atoms with E-state index in [1.807, 2.05) is 37.2 Å². The van der Waals surface area contributed by atoms with Gasteiger partial charge in [0.05, 0.1) is 28.0 Å². The van der Waals surface area contributed by atoms with E-state index in [9.17, 15) is 33.2 Å². The Kier molecular flexibility index (Phi) is 8.45. The van der Waals surface area contributed by atoms with Gasteiger partial charge in [0, 0.05) is 25.9 Å². The maximum Gasteiger partial charge on any atom is 0.301 e. The summed E-state index contributed by atoms with van der Waals surface area (Å²) in [7, 11) is -0.173. The largest absolute Gasteiger partial charge is 0.507 e. The number of nitrogens with zero attached hydrogens (tertiary/aromatic N) is 4. The third-order valence-electron chi connectivity index (χ3n) is 8.15. The molecule has 0 radical (unpaired) electrons. The first-order chi connectivity index (χ1) is 21.1. The number of thiazole rings is 1. The topological polar surface area (TPSA) is 151 Å². The number of benzene rings is 1. The first kappa shape index (κ1) is 32.0. The Morgan fingerprint density at radius 1 is 1.13 bits per heavy atom. The molecule has 45 heavy (non-hydrogen) atoms. The van der Waals surface area contributed by atoms with Crippen LogP contribution >= 0.6 is 11.3 Å². The van der Waals surface area contributed by atoms with Crippen LogP contribution in [0.25, 0.3) is 0 Å². The van der Waals surface area contributed by atoms with Crippen LogP contribution in [-0.2, 0) is 24.8 Å². The predicted molar refractivity (Wildman–Crippen MR) is 171 cm³/mol. The molecule has 1 saturated heterocycles. The van der Waals surface area contributed by atoms with Crippen LogP contribution < -0.4 is 4.90 Å². The molecule has 2 unspecified atom stereocenters. The molecule has 2 atom stereocenters. The maximum absolute atomic E-state index is 13.6. The van der Waals surface area contributed by atoms with Crippen molar-refractivity contribution in [1.29, 1.82) is 0 Å². The lowest BCUT2D eigenvalue weighted by molar-refractivity contribution is -0.419. The number of carbonyl (C=O) groups is 2. The van der Waals surface area contributed by atoms with Crippen LogP contribution in [0.4, 0.5) is 5.13 Å². The van der Waals surface area contributed by atoms with E-state index in [0.717, 1.165) is 39.8 Å². The van der Waals surface area contributed by atoms with Gasteiger partial charge in [-0.1, -0.05) is 68.5 Å². The van der Waals surface area contributed by atoms with E-state index in [0.29, 0.717) is 24.0 Å². The molecule has 0 saturated carbocycles. The highest BCUT2D eigenvalue weighted by Crippen LogP contribution is 2.45. The number of hydrogen-bond donors (Lipinski definition) is 1. The van der Waals surface area contributed by atoms with Crippen molar-refractivity contribution in [2.24, 2.45) is 0 Å². The summed E-state index contributed by atoms with van der Waals surface area (Å²) in [5, 5.41) is 21.5. The summed E-state index contributed by atoms with van der Waals surface area (Å²) in [6.07, 6.45) is 9.41. The summed E-state index contributed by atoms with van der Waals surface area (Å²) in [6, 6.07) is 6.35. The molecule has 1 N–H and O–H groups in total. The van der Waals surface area contributed by atoms with Crippen LogP contribution in [0.2, 0.25) is 0 Å². The minimum absolute atomic E-state index is 0.0200. The van der Waals surface area contributed by atoms with Crippen molar-refractivity contribution in [3.63, 3.8) is 0 Å². The van der Waals surface area contributed by atoms with Crippen LogP contribution in [0.1, 0.15) is 57.2 Å². The Labute approximate surface area is 265 Å². The highest BCUT2D eigenvalue weighted by atomic mass is 32.2. The van der Waals surface area contributed by atoms with Crippen molar-refractivity contribution < 1.29 is 28.0 Å². The molecule has 5 rings (SSSR count). The van der Waals surface area contributed by atoms with E-state index < -0.39 is 37.7 Å². The molecule has 1 aromatic heterocycles. The van der Waals surface area contributed by atoms with Crippen molar-refractivity contribution >= 4 is 38.0 Å². The molecule has 236 valence electrons. The normalized spacial score (nSPS) is 21.8. The molecule has 1 aliphatic heterocycles. The number of aliphatic hydroxyl groups is 1. The number of carbonyl (C=O) groups excluding carboxylic acids is 2. The Morgan fingerprint density at radius 2 is 1.82 bits per heavy atom. The molecule has 3 aliphatic rings. The zero-order valence-electron chi connectivity index (χ0n) is 25.6. The fourth-order valence-corrected chi connectivity index (χ4v) is 8.35. The van der Waals surface area contributed by atoms with E-state index in [1.165, 1.54) is 12.2 Å². The van der Waals surface area contributed by atoms with Crippen LogP contribution in [0.3, 0.4) is 0 Å². The molecule has 0 spiro atoms. The fourth-order valence-electron chi connectivity index (χ4n) is 5.48. The zero-order valence-corrected chi connectivity index (χ0v) is 27.2. The molecule has 1 aromatic carbocycles. The number of allylic oxidation sites excluding steroid dienone is 6. The van der Waals surface area contributed by atoms with Crippen LogP contribution in [0.5, 0.6) is 0 Å². The third kappa shape index (κ3) is 6.01. The molecular weight excluding hydrogens is 617 g/mol. The highest BCUT2D eigenvalue weighted by molar-refractivity contribution is 7.94. The summed E-state index contributed by atoms with van der Waals surface area (Å²) < 4.78 is 26.8. The predicted octanol–water partition coefficient (Wildman–Crippen LogP) is 5.34. The van der Waals surface area contributed by atoms with Gasteiger partial charge >= 0.3 is 5.91 Å². The number of rotatable bonds is 7. The second kappa shape index (κ2) is 11.9. The van der Waals surface area contributed by atoms with Gasteiger partial charge in [-0.15, -0.1) is 0 Å². The lowest BCUT2D eigenvalue weighted by Gasteiger charge is -2.25. The average molecular weight is 651 g/mol. The molecule has 13 heteroatoms. The monoisotopic (exact) mass is 650 g/mol. The summed E-state index contributed by atoms with van der Waals surface area (Å²) in [5.74, 6) is -2.11. The second-order valence-corrected chi connectivity index (χ2v) is 15.7. The van der Waals surface area contributed by atoms with E-state index in [1.54, 1.807) is 18.2 Å². The lowest BCUT2D eigenvalue weighted by atomic mass is 9.85. The highest BCUT2D eigenvalue weighted by Gasteiger charge is 2.48. The van der Waals surface area contributed by atoms with E-state index in [4.69, 9.17) is 0 Å². The number of sulfone groups is 1. The number of amides is 1. The minimum Gasteiger partial charge on any atom is -0.507 e. The minimum atomic E-state index is -4.02. The van der Waals surface area contributed by atoms with Crippen LogP contribution in [-0.4, -0.2) is 59.4 Å². The quantitative estimate of drug-likeness (QED) is 0.138. The summed E-state index contributed by atoms with van der Waals surface area (Å²) in [6.45, 7) is 6.19. The summed E-state index contributed by atoms with van der Waals surface area (Å²) in [5.41, 5.74) is 2.71. The van der Waals surface area contributed by atoms with E-state index in [2.05, 4.69) is 25.8 Å². The Morgan fingerprint density at radius 3 is 2.36 bits per heavy atom.